The fraction of sp³-hybridized carbons (Fsp3) is 0.364. The van der Waals surface area contributed by atoms with Crippen LogP contribution in [0.2, 0.25) is 0 Å². The van der Waals surface area contributed by atoms with E-state index in [4.69, 9.17) is 0 Å². The van der Waals surface area contributed by atoms with E-state index in [9.17, 15) is 4.79 Å². The summed E-state index contributed by atoms with van der Waals surface area (Å²) in [7, 11) is 1.90. The van der Waals surface area contributed by atoms with Crippen molar-refractivity contribution in [3.05, 3.63) is 52.8 Å². The number of carbonyl (C=O) groups is 1. The monoisotopic (exact) mass is 364 g/mol. The molecule has 1 aromatic carbocycles. The van der Waals surface area contributed by atoms with E-state index in [1.54, 1.807) is 0 Å². The molecule has 2 aromatic heterocycles. The summed E-state index contributed by atoms with van der Waals surface area (Å²) in [4.78, 5) is 20.6. The van der Waals surface area contributed by atoms with Gasteiger partial charge in [0.05, 0.1) is 0 Å². The van der Waals surface area contributed by atoms with E-state index in [-0.39, 0.29) is 11.9 Å². The number of aromatic nitrogens is 2. The Hall–Kier alpha value is -2.66. The molecule has 0 saturated heterocycles. The number of H-pyrrole nitrogens is 1. The number of nitrogens with one attached hydrogen (secondary N) is 3. The smallest absolute Gasteiger partial charge is 0.251 e. The van der Waals surface area contributed by atoms with Gasteiger partial charge in [-0.25, -0.2) is 0 Å². The van der Waals surface area contributed by atoms with Crippen LogP contribution in [-0.2, 0) is 0 Å². The molecular formula is C22H28N4O. The Bertz CT molecular complexity index is 954. The summed E-state index contributed by atoms with van der Waals surface area (Å²) in [5.74, 6) is -0.0385. The molecule has 0 saturated carbocycles. The van der Waals surface area contributed by atoms with Gasteiger partial charge in [0.2, 0.25) is 0 Å². The number of carbonyl (C=O) groups excluding carboxylic acids is 1. The van der Waals surface area contributed by atoms with Crippen molar-refractivity contribution in [2.45, 2.75) is 40.2 Å². The molecule has 1 unspecified atom stereocenters. The largest absolute Gasteiger partial charge is 0.354 e. The third kappa shape index (κ3) is 4.03. The maximum Gasteiger partial charge on any atom is 0.251 e. The van der Waals surface area contributed by atoms with Crippen molar-refractivity contribution in [2.24, 2.45) is 0 Å². The Morgan fingerprint density at radius 3 is 2.48 bits per heavy atom. The first kappa shape index (κ1) is 19.1. The highest BCUT2D eigenvalue weighted by Crippen LogP contribution is 2.30. The van der Waals surface area contributed by atoms with Crippen LogP contribution in [0.5, 0.6) is 0 Å². The molecule has 1 atom stereocenters. The normalized spacial score (nSPS) is 12.3. The van der Waals surface area contributed by atoms with Gasteiger partial charge in [0.15, 0.2) is 0 Å². The lowest BCUT2D eigenvalue weighted by molar-refractivity contribution is 0.0936. The van der Waals surface area contributed by atoms with Gasteiger partial charge >= 0.3 is 0 Å². The predicted octanol–water partition coefficient (Wildman–Crippen LogP) is 3.88. The van der Waals surface area contributed by atoms with E-state index in [2.05, 4.69) is 46.6 Å². The SMILES string of the molecule is CCC(CNC)NC(=O)c1ccc2c(C)c(-c3cc(C)nc(C)c3)[nH]c2c1. The van der Waals surface area contributed by atoms with Gasteiger partial charge in [-0.3, -0.25) is 9.78 Å². The van der Waals surface area contributed by atoms with E-state index in [1.165, 1.54) is 5.56 Å². The Morgan fingerprint density at radius 1 is 1.15 bits per heavy atom. The van der Waals surface area contributed by atoms with Gasteiger partial charge in [-0.05, 0) is 64.1 Å². The summed E-state index contributed by atoms with van der Waals surface area (Å²) in [6.45, 7) is 8.96. The molecule has 0 radical (unpaired) electrons. The van der Waals surface area contributed by atoms with Crippen LogP contribution in [0.3, 0.4) is 0 Å². The van der Waals surface area contributed by atoms with Crippen LogP contribution in [-0.4, -0.2) is 35.5 Å². The van der Waals surface area contributed by atoms with Crippen LogP contribution in [0.4, 0.5) is 0 Å². The highest BCUT2D eigenvalue weighted by atomic mass is 16.1. The van der Waals surface area contributed by atoms with Gasteiger partial charge in [-0.15, -0.1) is 0 Å². The van der Waals surface area contributed by atoms with Gasteiger partial charge in [-0.1, -0.05) is 13.0 Å². The van der Waals surface area contributed by atoms with Crippen molar-refractivity contribution < 1.29 is 4.79 Å². The highest BCUT2D eigenvalue weighted by Gasteiger charge is 2.15. The van der Waals surface area contributed by atoms with Gasteiger partial charge in [0.25, 0.3) is 5.91 Å². The number of amides is 1. The van der Waals surface area contributed by atoms with E-state index >= 15 is 0 Å². The zero-order valence-corrected chi connectivity index (χ0v) is 16.7. The van der Waals surface area contributed by atoms with Crippen LogP contribution in [0.15, 0.2) is 30.3 Å². The number of aryl methyl sites for hydroxylation is 3. The number of aromatic amines is 1. The van der Waals surface area contributed by atoms with Crippen LogP contribution in [0.25, 0.3) is 22.2 Å². The second-order valence-electron chi connectivity index (χ2n) is 7.16. The van der Waals surface area contributed by atoms with E-state index in [1.807, 2.05) is 39.1 Å². The number of hydrogen-bond donors (Lipinski definition) is 3. The summed E-state index contributed by atoms with van der Waals surface area (Å²) < 4.78 is 0. The molecule has 3 aromatic rings. The van der Waals surface area contributed by atoms with Crippen molar-refractivity contribution in [2.75, 3.05) is 13.6 Å². The Balaban J connectivity index is 1.95. The second-order valence-corrected chi connectivity index (χ2v) is 7.16. The van der Waals surface area contributed by atoms with Gasteiger partial charge in [-0.2, -0.15) is 0 Å². The van der Waals surface area contributed by atoms with Crippen molar-refractivity contribution >= 4 is 16.8 Å². The number of pyridine rings is 1. The Kier molecular flexibility index (Phi) is 5.61. The lowest BCUT2D eigenvalue weighted by Gasteiger charge is -2.16. The van der Waals surface area contributed by atoms with Crippen molar-refractivity contribution in [3.63, 3.8) is 0 Å². The maximum atomic E-state index is 12.6. The molecule has 5 heteroatoms. The number of rotatable bonds is 6. The van der Waals surface area contributed by atoms with Crippen LogP contribution in [0.1, 0.15) is 40.7 Å². The summed E-state index contributed by atoms with van der Waals surface area (Å²) in [6, 6.07) is 10.2. The Labute approximate surface area is 160 Å². The van der Waals surface area contributed by atoms with E-state index in [0.717, 1.165) is 46.5 Å². The molecule has 142 valence electrons. The van der Waals surface area contributed by atoms with Crippen LogP contribution < -0.4 is 10.6 Å². The number of fused-ring (bicyclic) bond motifs is 1. The van der Waals surface area contributed by atoms with E-state index < -0.39 is 0 Å². The third-order valence-corrected chi connectivity index (χ3v) is 4.97. The average Bonchev–Trinajstić information content (AvgIpc) is 2.96. The average molecular weight is 364 g/mol. The second kappa shape index (κ2) is 7.92. The zero-order chi connectivity index (χ0) is 19.6. The molecule has 3 rings (SSSR count). The molecule has 2 heterocycles. The van der Waals surface area contributed by atoms with Gasteiger partial charge < -0.3 is 15.6 Å². The standard InChI is InChI=1S/C22H28N4O/c1-6-18(12-23-5)25-22(27)16-7-8-19-15(4)21(26-20(19)11-16)17-9-13(2)24-14(3)10-17/h7-11,18,23,26H,6,12H2,1-5H3,(H,25,27). The topological polar surface area (TPSA) is 69.8 Å². The third-order valence-electron chi connectivity index (χ3n) is 4.97. The number of benzene rings is 1. The highest BCUT2D eigenvalue weighted by molar-refractivity contribution is 6.00. The molecule has 5 nitrogen and oxygen atoms in total. The van der Waals surface area contributed by atoms with Gasteiger partial charge in [0.1, 0.15) is 0 Å². The minimum Gasteiger partial charge on any atom is -0.354 e. The minimum atomic E-state index is -0.0385. The first-order chi connectivity index (χ1) is 12.9. The molecular weight excluding hydrogens is 336 g/mol. The number of hydrogen-bond acceptors (Lipinski definition) is 3. The lowest BCUT2D eigenvalue weighted by atomic mass is 10.0. The lowest BCUT2D eigenvalue weighted by Crippen LogP contribution is -2.40. The fourth-order valence-electron chi connectivity index (χ4n) is 3.56. The van der Waals surface area contributed by atoms with E-state index in [0.29, 0.717) is 5.56 Å². The summed E-state index contributed by atoms with van der Waals surface area (Å²) >= 11 is 0. The molecule has 1 amide bonds. The minimum absolute atomic E-state index is 0.0385. The van der Waals surface area contributed by atoms with Gasteiger partial charge in [0, 0.05) is 51.7 Å². The Morgan fingerprint density at radius 2 is 1.85 bits per heavy atom. The van der Waals surface area contributed by atoms with Crippen LogP contribution in [0, 0.1) is 20.8 Å². The van der Waals surface area contributed by atoms with Crippen molar-refractivity contribution in [1.82, 2.24) is 20.6 Å². The van der Waals surface area contributed by atoms with Crippen molar-refractivity contribution in [3.8, 4) is 11.3 Å². The number of nitrogens with zero attached hydrogens (tertiary/aromatic N) is 1. The predicted molar refractivity (Wildman–Crippen MR) is 111 cm³/mol. The number of likely N-dealkylation sites (N-methyl/N-ethyl adjacent to an activating group) is 1. The first-order valence-electron chi connectivity index (χ1n) is 9.46. The zero-order valence-electron chi connectivity index (χ0n) is 16.7. The fourth-order valence-corrected chi connectivity index (χ4v) is 3.56. The quantitative estimate of drug-likeness (QED) is 0.622. The molecule has 27 heavy (non-hydrogen) atoms. The molecule has 0 fully saturated rings. The molecule has 0 bridgehead atoms. The molecule has 0 aliphatic rings. The molecule has 0 spiro atoms. The van der Waals surface area contributed by atoms with Crippen LogP contribution >= 0.6 is 0 Å². The van der Waals surface area contributed by atoms with Crippen molar-refractivity contribution in [1.29, 1.82) is 0 Å². The summed E-state index contributed by atoms with van der Waals surface area (Å²) in [5.41, 5.74) is 7.04. The summed E-state index contributed by atoms with van der Waals surface area (Å²) in [5, 5.41) is 7.35. The molecule has 3 N–H and O–H groups in total. The molecule has 0 aliphatic carbocycles. The molecule has 0 aliphatic heterocycles. The summed E-state index contributed by atoms with van der Waals surface area (Å²) in [6.07, 6.45) is 0.890. The maximum absolute atomic E-state index is 12.6. The first-order valence-corrected chi connectivity index (χ1v) is 9.46.